The summed E-state index contributed by atoms with van der Waals surface area (Å²) in [4.78, 5) is 23.1. The van der Waals surface area contributed by atoms with Crippen LogP contribution in [0.3, 0.4) is 0 Å². The Hall–Kier alpha value is -2.53. The van der Waals surface area contributed by atoms with E-state index in [-0.39, 0.29) is 0 Å². The zero-order valence-corrected chi connectivity index (χ0v) is 12.0. The van der Waals surface area contributed by atoms with Crippen molar-refractivity contribution in [3.05, 3.63) is 59.1 Å². The van der Waals surface area contributed by atoms with Gasteiger partial charge in [-0.25, -0.2) is 9.59 Å². The summed E-state index contributed by atoms with van der Waals surface area (Å²) in [5.41, 5.74) is 1.48. The van der Waals surface area contributed by atoms with Crippen LogP contribution in [0.25, 0.3) is 0 Å². The lowest BCUT2D eigenvalue weighted by atomic mass is 10.2. The topological polar surface area (TPSA) is 67.4 Å². The molecular formula is C15H13ClN2O3. The van der Waals surface area contributed by atoms with Crippen LogP contribution in [0, 0.1) is 0 Å². The minimum atomic E-state index is -0.429. The zero-order chi connectivity index (χ0) is 15.2. The summed E-state index contributed by atoms with van der Waals surface area (Å²) in [7, 11) is 1.31. The molecule has 0 aromatic heterocycles. The molecule has 2 rings (SSSR count). The van der Waals surface area contributed by atoms with Gasteiger partial charge in [0.2, 0.25) is 0 Å². The quantitative estimate of drug-likeness (QED) is 0.848. The Morgan fingerprint density at radius 3 is 2.29 bits per heavy atom. The van der Waals surface area contributed by atoms with Crippen molar-refractivity contribution in [2.24, 2.45) is 0 Å². The van der Waals surface area contributed by atoms with E-state index in [1.807, 2.05) is 0 Å². The molecule has 0 radical (unpaired) electrons. The third-order valence-electron chi connectivity index (χ3n) is 2.69. The molecule has 2 aromatic rings. The molecule has 2 aromatic carbocycles. The van der Waals surface area contributed by atoms with E-state index in [1.165, 1.54) is 7.11 Å². The van der Waals surface area contributed by atoms with Crippen LogP contribution in [0.15, 0.2) is 48.5 Å². The third kappa shape index (κ3) is 3.97. The first-order valence-corrected chi connectivity index (χ1v) is 6.49. The van der Waals surface area contributed by atoms with Gasteiger partial charge in [0.15, 0.2) is 0 Å². The van der Waals surface area contributed by atoms with E-state index in [0.29, 0.717) is 22.0 Å². The molecule has 6 heteroatoms. The molecule has 0 heterocycles. The first-order valence-electron chi connectivity index (χ1n) is 6.11. The summed E-state index contributed by atoms with van der Waals surface area (Å²) in [5.74, 6) is -0.429. The van der Waals surface area contributed by atoms with Gasteiger partial charge in [0.25, 0.3) is 0 Å². The van der Waals surface area contributed by atoms with E-state index in [9.17, 15) is 9.59 Å². The van der Waals surface area contributed by atoms with Crippen molar-refractivity contribution in [2.45, 2.75) is 0 Å². The van der Waals surface area contributed by atoms with Crippen LogP contribution in [-0.2, 0) is 4.74 Å². The highest BCUT2D eigenvalue weighted by Crippen LogP contribution is 2.20. The number of anilines is 2. The maximum atomic E-state index is 11.8. The number of urea groups is 1. The number of carbonyl (C=O) groups is 2. The number of rotatable bonds is 3. The molecule has 0 aliphatic heterocycles. The Kier molecular flexibility index (Phi) is 4.79. The molecule has 0 bridgehead atoms. The second kappa shape index (κ2) is 6.76. The Labute approximate surface area is 126 Å². The van der Waals surface area contributed by atoms with Crippen molar-refractivity contribution in [3.63, 3.8) is 0 Å². The molecule has 0 aliphatic carbocycles. The number of nitrogens with one attached hydrogen (secondary N) is 2. The summed E-state index contributed by atoms with van der Waals surface area (Å²) in [6.07, 6.45) is 0. The van der Waals surface area contributed by atoms with Crippen molar-refractivity contribution < 1.29 is 14.3 Å². The van der Waals surface area contributed by atoms with Gasteiger partial charge in [-0.2, -0.15) is 0 Å². The molecule has 0 unspecified atom stereocenters. The summed E-state index contributed by atoms with van der Waals surface area (Å²) >= 11 is 5.95. The van der Waals surface area contributed by atoms with Gasteiger partial charge in [-0.3, -0.25) is 0 Å². The molecule has 2 amide bonds. The number of esters is 1. The number of amides is 2. The summed E-state index contributed by atoms with van der Waals surface area (Å²) in [5, 5.41) is 5.73. The second-order valence-corrected chi connectivity index (χ2v) is 4.54. The minimum absolute atomic E-state index is 0.412. The fraction of sp³-hybridized carbons (Fsp3) is 0.0667. The molecule has 21 heavy (non-hydrogen) atoms. The van der Waals surface area contributed by atoms with E-state index in [4.69, 9.17) is 11.6 Å². The average molecular weight is 305 g/mol. The van der Waals surface area contributed by atoms with Crippen LogP contribution in [0.1, 0.15) is 10.4 Å². The van der Waals surface area contributed by atoms with Gasteiger partial charge < -0.3 is 15.4 Å². The summed E-state index contributed by atoms with van der Waals surface area (Å²) < 4.78 is 4.60. The van der Waals surface area contributed by atoms with Crippen molar-refractivity contribution in [1.82, 2.24) is 0 Å². The lowest BCUT2D eigenvalue weighted by Crippen LogP contribution is -2.19. The van der Waals surface area contributed by atoms with E-state index in [0.717, 1.165) is 0 Å². The van der Waals surface area contributed by atoms with E-state index in [1.54, 1.807) is 48.5 Å². The Balaban J connectivity index is 2.00. The van der Waals surface area contributed by atoms with Crippen LogP contribution < -0.4 is 10.6 Å². The number of ether oxygens (including phenoxy) is 1. The first-order chi connectivity index (χ1) is 10.1. The SMILES string of the molecule is COC(=O)c1ccc(NC(=O)Nc2ccccc2Cl)cc1. The molecule has 0 saturated carbocycles. The lowest BCUT2D eigenvalue weighted by molar-refractivity contribution is 0.0601. The van der Waals surface area contributed by atoms with Crippen LogP contribution in [0.2, 0.25) is 5.02 Å². The van der Waals surface area contributed by atoms with E-state index in [2.05, 4.69) is 15.4 Å². The molecule has 0 aliphatic rings. The third-order valence-corrected chi connectivity index (χ3v) is 3.02. The molecular weight excluding hydrogens is 292 g/mol. The number of carbonyl (C=O) groups excluding carboxylic acids is 2. The van der Waals surface area contributed by atoms with Crippen LogP contribution in [-0.4, -0.2) is 19.1 Å². The van der Waals surface area contributed by atoms with Crippen LogP contribution in [0.5, 0.6) is 0 Å². The first kappa shape index (κ1) is 14.9. The predicted molar refractivity (Wildman–Crippen MR) is 81.9 cm³/mol. The van der Waals surface area contributed by atoms with Crippen LogP contribution in [0.4, 0.5) is 16.2 Å². The molecule has 2 N–H and O–H groups in total. The number of methoxy groups -OCH3 is 1. The van der Waals surface area contributed by atoms with Gasteiger partial charge in [-0.15, -0.1) is 0 Å². The largest absolute Gasteiger partial charge is 0.465 e. The monoisotopic (exact) mass is 304 g/mol. The summed E-state index contributed by atoms with van der Waals surface area (Å²) in [6.45, 7) is 0. The summed E-state index contributed by atoms with van der Waals surface area (Å²) in [6, 6.07) is 12.9. The van der Waals surface area contributed by atoms with E-state index < -0.39 is 12.0 Å². The number of hydrogen-bond acceptors (Lipinski definition) is 3. The number of benzene rings is 2. The second-order valence-electron chi connectivity index (χ2n) is 4.13. The smallest absolute Gasteiger partial charge is 0.337 e. The predicted octanol–water partition coefficient (Wildman–Crippen LogP) is 3.77. The highest BCUT2D eigenvalue weighted by molar-refractivity contribution is 6.33. The van der Waals surface area contributed by atoms with Crippen molar-refractivity contribution in [3.8, 4) is 0 Å². The highest BCUT2D eigenvalue weighted by Gasteiger charge is 2.07. The Bertz CT molecular complexity index is 656. The number of hydrogen-bond donors (Lipinski definition) is 2. The van der Waals surface area contributed by atoms with Gasteiger partial charge >= 0.3 is 12.0 Å². The number of halogens is 1. The van der Waals surface area contributed by atoms with Crippen molar-refractivity contribution >= 4 is 35.0 Å². The van der Waals surface area contributed by atoms with Gasteiger partial charge in [0.1, 0.15) is 0 Å². The molecule has 0 saturated heterocycles. The molecule has 0 fully saturated rings. The Morgan fingerprint density at radius 2 is 1.67 bits per heavy atom. The molecule has 0 atom stereocenters. The maximum absolute atomic E-state index is 11.8. The minimum Gasteiger partial charge on any atom is -0.465 e. The van der Waals surface area contributed by atoms with E-state index >= 15 is 0 Å². The van der Waals surface area contributed by atoms with Gasteiger partial charge in [0.05, 0.1) is 23.4 Å². The van der Waals surface area contributed by atoms with Crippen molar-refractivity contribution in [1.29, 1.82) is 0 Å². The maximum Gasteiger partial charge on any atom is 0.337 e. The highest BCUT2D eigenvalue weighted by atomic mass is 35.5. The van der Waals surface area contributed by atoms with Gasteiger partial charge in [0, 0.05) is 5.69 Å². The number of para-hydroxylation sites is 1. The zero-order valence-electron chi connectivity index (χ0n) is 11.2. The standard InChI is InChI=1S/C15H13ClN2O3/c1-21-14(19)10-6-8-11(9-7-10)17-15(20)18-13-5-3-2-4-12(13)16/h2-9H,1H3,(H2,17,18,20). The van der Waals surface area contributed by atoms with Crippen molar-refractivity contribution in [2.75, 3.05) is 17.7 Å². The average Bonchev–Trinajstić information content (AvgIpc) is 2.49. The molecule has 5 nitrogen and oxygen atoms in total. The molecule has 0 spiro atoms. The van der Waals surface area contributed by atoms with Gasteiger partial charge in [-0.05, 0) is 36.4 Å². The molecule has 108 valence electrons. The lowest BCUT2D eigenvalue weighted by Gasteiger charge is -2.09. The Morgan fingerprint density at radius 1 is 1.00 bits per heavy atom. The van der Waals surface area contributed by atoms with Crippen LogP contribution >= 0.6 is 11.6 Å². The normalized spacial score (nSPS) is 9.81. The fourth-order valence-electron chi connectivity index (χ4n) is 1.65. The fourth-order valence-corrected chi connectivity index (χ4v) is 1.84. The van der Waals surface area contributed by atoms with Gasteiger partial charge in [-0.1, -0.05) is 23.7 Å².